The third kappa shape index (κ3) is 3.41. The molecule has 1 aromatic carbocycles. The number of benzene rings is 1. The third-order valence-corrected chi connectivity index (χ3v) is 2.72. The normalized spacial score (nSPS) is 10.2. The zero-order valence-corrected chi connectivity index (χ0v) is 10.7. The Balaban J connectivity index is 1.87. The number of carbonyl (C=O) groups is 2. The molecule has 0 unspecified atom stereocenters. The smallest absolute Gasteiger partial charge is 0.336 e. The van der Waals surface area contributed by atoms with Crippen molar-refractivity contribution in [2.45, 2.75) is 13.0 Å². The molecule has 0 saturated carbocycles. The van der Waals surface area contributed by atoms with Gasteiger partial charge in [0.25, 0.3) is 5.91 Å². The summed E-state index contributed by atoms with van der Waals surface area (Å²) in [5, 5.41) is 19.2. The summed E-state index contributed by atoms with van der Waals surface area (Å²) in [7, 11) is 0. The lowest BCUT2D eigenvalue weighted by Crippen LogP contribution is -2.27. The van der Waals surface area contributed by atoms with E-state index in [2.05, 4.69) is 15.6 Å². The number of aromatic carboxylic acids is 1. The van der Waals surface area contributed by atoms with Gasteiger partial charge < -0.3 is 10.4 Å². The Morgan fingerprint density at radius 1 is 1.25 bits per heavy atom. The molecule has 1 aromatic heterocycles. The van der Waals surface area contributed by atoms with Crippen molar-refractivity contribution in [3.63, 3.8) is 0 Å². The Morgan fingerprint density at radius 2 is 2.00 bits per heavy atom. The number of carboxylic acid groups (broad SMARTS) is 1. The van der Waals surface area contributed by atoms with Crippen LogP contribution >= 0.6 is 0 Å². The molecule has 0 spiro atoms. The Hall–Kier alpha value is -2.70. The molecule has 0 radical (unpaired) electrons. The van der Waals surface area contributed by atoms with Crippen LogP contribution in [0.3, 0.4) is 0 Å². The number of hydrogen-bond donors (Lipinski definition) is 2. The highest BCUT2D eigenvalue weighted by molar-refractivity contribution is 6.04. The first-order chi connectivity index (χ1) is 9.68. The monoisotopic (exact) mass is 274 g/mol. The Labute approximate surface area is 115 Å². The van der Waals surface area contributed by atoms with Crippen molar-refractivity contribution in [1.82, 2.24) is 20.3 Å². The van der Waals surface area contributed by atoms with Crippen molar-refractivity contribution in [2.24, 2.45) is 0 Å². The third-order valence-electron chi connectivity index (χ3n) is 2.72. The van der Waals surface area contributed by atoms with Crippen LogP contribution in [0.1, 0.15) is 27.1 Å². The lowest BCUT2D eigenvalue weighted by atomic mass is 10.1. The van der Waals surface area contributed by atoms with Crippen molar-refractivity contribution in [2.75, 3.05) is 6.54 Å². The molecule has 1 amide bonds. The van der Waals surface area contributed by atoms with Gasteiger partial charge in [-0.3, -0.25) is 9.48 Å². The van der Waals surface area contributed by atoms with E-state index in [1.807, 2.05) is 0 Å². The maximum Gasteiger partial charge on any atom is 0.336 e. The standard InChI is InChI=1S/C13H14N4O3/c18-12(10-4-1-2-5-11(10)13(19)20)14-6-3-8-17-9-7-15-16-17/h1-2,4-5,7,9H,3,6,8H2,(H,14,18)(H,19,20). The van der Waals surface area contributed by atoms with Gasteiger partial charge in [0, 0.05) is 19.3 Å². The van der Waals surface area contributed by atoms with Crippen LogP contribution in [0.2, 0.25) is 0 Å². The molecule has 20 heavy (non-hydrogen) atoms. The molecule has 7 nitrogen and oxygen atoms in total. The largest absolute Gasteiger partial charge is 0.478 e. The van der Waals surface area contributed by atoms with Crippen LogP contribution in [0.25, 0.3) is 0 Å². The van der Waals surface area contributed by atoms with Gasteiger partial charge >= 0.3 is 5.97 Å². The number of aryl methyl sites for hydroxylation is 1. The molecule has 1 heterocycles. The molecule has 7 heteroatoms. The quantitative estimate of drug-likeness (QED) is 0.759. The Morgan fingerprint density at radius 3 is 2.65 bits per heavy atom. The first-order valence-corrected chi connectivity index (χ1v) is 6.13. The molecule has 2 rings (SSSR count). The van der Waals surface area contributed by atoms with E-state index >= 15 is 0 Å². The molecule has 2 N–H and O–H groups in total. The molecule has 2 aromatic rings. The van der Waals surface area contributed by atoms with E-state index in [1.54, 1.807) is 29.2 Å². The van der Waals surface area contributed by atoms with Gasteiger partial charge in [-0.1, -0.05) is 17.3 Å². The molecule has 0 aliphatic heterocycles. The number of hydrogen-bond acceptors (Lipinski definition) is 4. The number of amides is 1. The number of carbonyl (C=O) groups excluding carboxylic acids is 1. The fourth-order valence-electron chi connectivity index (χ4n) is 1.76. The highest BCUT2D eigenvalue weighted by Crippen LogP contribution is 2.08. The lowest BCUT2D eigenvalue weighted by molar-refractivity contribution is 0.0691. The second-order valence-electron chi connectivity index (χ2n) is 4.13. The van der Waals surface area contributed by atoms with Crippen LogP contribution in [-0.2, 0) is 6.54 Å². The van der Waals surface area contributed by atoms with Gasteiger partial charge in [0.2, 0.25) is 0 Å². The van der Waals surface area contributed by atoms with Crippen molar-refractivity contribution < 1.29 is 14.7 Å². The van der Waals surface area contributed by atoms with Gasteiger partial charge in [-0.25, -0.2) is 4.79 Å². The predicted molar refractivity (Wildman–Crippen MR) is 70.4 cm³/mol. The molecule has 104 valence electrons. The summed E-state index contributed by atoms with van der Waals surface area (Å²) in [6.07, 6.45) is 4.01. The van der Waals surface area contributed by atoms with E-state index in [4.69, 9.17) is 5.11 Å². The fraction of sp³-hybridized carbons (Fsp3) is 0.231. The number of nitrogens with one attached hydrogen (secondary N) is 1. The van der Waals surface area contributed by atoms with E-state index in [1.165, 1.54) is 12.1 Å². The molecule has 0 aliphatic carbocycles. The number of rotatable bonds is 6. The predicted octanol–water partition coefficient (Wildman–Crippen LogP) is 0.796. The summed E-state index contributed by atoms with van der Waals surface area (Å²) in [6.45, 7) is 1.08. The molecular weight excluding hydrogens is 260 g/mol. The summed E-state index contributed by atoms with van der Waals surface area (Å²) in [4.78, 5) is 22.9. The number of carboxylic acids is 1. The molecule has 0 bridgehead atoms. The van der Waals surface area contributed by atoms with Gasteiger partial charge in [-0.05, 0) is 18.6 Å². The first-order valence-electron chi connectivity index (χ1n) is 6.13. The zero-order valence-electron chi connectivity index (χ0n) is 10.7. The minimum atomic E-state index is -1.11. The summed E-state index contributed by atoms with van der Waals surface area (Å²) in [6, 6.07) is 6.13. The van der Waals surface area contributed by atoms with Crippen molar-refractivity contribution in [1.29, 1.82) is 0 Å². The molecular formula is C13H14N4O3. The van der Waals surface area contributed by atoms with Crippen LogP contribution in [0.5, 0.6) is 0 Å². The van der Waals surface area contributed by atoms with E-state index in [0.717, 1.165) is 0 Å². The van der Waals surface area contributed by atoms with Gasteiger partial charge in [0.15, 0.2) is 0 Å². The summed E-state index contributed by atoms with van der Waals surface area (Å²) in [5.74, 6) is -1.50. The van der Waals surface area contributed by atoms with Crippen LogP contribution in [-0.4, -0.2) is 38.5 Å². The van der Waals surface area contributed by atoms with Crippen LogP contribution < -0.4 is 5.32 Å². The summed E-state index contributed by atoms with van der Waals surface area (Å²) < 4.78 is 1.66. The van der Waals surface area contributed by atoms with Gasteiger partial charge in [0.05, 0.1) is 17.3 Å². The SMILES string of the molecule is O=C(O)c1ccccc1C(=O)NCCCn1ccnn1. The highest BCUT2D eigenvalue weighted by atomic mass is 16.4. The van der Waals surface area contributed by atoms with Gasteiger partial charge in [-0.15, -0.1) is 5.10 Å². The average Bonchev–Trinajstić information content (AvgIpc) is 2.96. The van der Waals surface area contributed by atoms with Crippen LogP contribution in [0.15, 0.2) is 36.7 Å². The lowest BCUT2D eigenvalue weighted by Gasteiger charge is -2.07. The minimum absolute atomic E-state index is 0.00118. The molecule has 0 atom stereocenters. The second-order valence-corrected chi connectivity index (χ2v) is 4.13. The zero-order chi connectivity index (χ0) is 14.4. The van der Waals surface area contributed by atoms with E-state index < -0.39 is 5.97 Å². The minimum Gasteiger partial charge on any atom is -0.478 e. The second kappa shape index (κ2) is 6.46. The molecule has 0 fully saturated rings. The Kier molecular flexibility index (Phi) is 4.43. The fourth-order valence-corrected chi connectivity index (χ4v) is 1.76. The number of nitrogens with zero attached hydrogens (tertiary/aromatic N) is 3. The topological polar surface area (TPSA) is 97.1 Å². The van der Waals surface area contributed by atoms with Crippen molar-refractivity contribution in [3.05, 3.63) is 47.8 Å². The van der Waals surface area contributed by atoms with Gasteiger partial charge in [0.1, 0.15) is 0 Å². The van der Waals surface area contributed by atoms with Crippen molar-refractivity contribution >= 4 is 11.9 Å². The van der Waals surface area contributed by atoms with E-state index in [9.17, 15) is 9.59 Å². The molecule has 0 saturated heterocycles. The maximum atomic E-state index is 11.9. The summed E-state index contributed by atoms with van der Waals surface area (Å²) in [5.41, 5.74) is 0.169. The van der Waals surface area contributed by atoms with Crippen LogP contribution in [0.4, 0.5) is 0 Å². The van der Waals surface area contributed by atoms with E-state index in [0.29, 0.717) is 19.5 Å². The first kappa shape index (κ1) is 13.7. The van der Waals surface area contributed by atoms with Gasteiger partial charge in [-0.2, -0.15) is 0 Å². The number of aromatic nitrogens is 3. The van der Waals surface area contributed by atoms with Crippen LogP contribution in [0, 0.1) is 0 Å². The van der Waals surface area contributed by atoms with E-state index in [-0.39, 0.29) is 17.0 Å². The average molecular weight is 274 g/mol. The van der Waals surface area contributed by atoms with Crippen molar-refractivity contribution in [3.8, 4) is 0 Å². The Bertz CT molecular complexity index is 595. The summed E-state index contributed by atoms with van der Waals surface area (Å²) >= 11 is 0. The maximum absolute atomic E-state index is 11.9. The highest BCUT2D eigenvalue weighted by Gasteiger charge is 2.14. The molecule has 0 aliphatic rings.